The molecule has 1 unspecified atom stereocenters. The second-order valence-electron chi connectivity index (χ2n) is 4.40. The molecule has 0 aliphatic heterocycles. The molecule has 7 nitrogen and oxygen atoms in total. The van der Waals surface area contributed by atoms with Crippen molar-refractivity contribution >= 4 is 27.6 Å². The van der Waals surface area contributed by atoms with Crippen LogP contribution in [0, 0.1) is 10.1 Å². The first-order valence-corrected chi connectivity index (χ1v) is 6.66. The number of nitrogens with zero attached hydrogens (tertiary/aromatic N) is 1. The van der Waals surface area contributed by atoms with Gasteiger partial charge in [0.05, 0.1) is 15.5 Å². The van der Waals surface area contributed by atoms with Crippen LogP contribution in [0.25, 0.3) is 0 Å². The maximum absolute atomic E-state index is 11.1. The minimum Gasteiger partial charge on any atom is -0.490 e. The Hall–Kier alpha value is -1.67. The number of benzene rings is 1. The third kappa shape index (κ3) is 4.78. The lowest BCUT2D eigenvalue weighted by atomic mass is 10.2. The summed E-state index contributed by atoms with van der Waals surface area (Å²) in [4.78, 5) is 21.2. The van der Waals surface area contributed by atoms with Gasteiger partial charge in [0.25, 0.3) is 5.69 Å². The molecule has 0 aliphatic carbocycles. The summed E-state index contributed by atoms with van der Waals surface area (Å²) in [6, 6.07) is 3.16. The number of rotatable bonds is 7. The lowest BCUT2D eigenvalue weighted by molar-refractivity contribution is -0.385. The van der Waals surface area contributed by atoms with Crippen molar-refractivity contribution in [2.75, 3.05) is 6.61 Å². The number of nitro groups is 1. The van der Waals surface area contributed by atoms with Gasteiger partial charge in [0.2, 0.25) is 0 Å². The molecular weight excluding hydrogens is 332 g/mol. The third-order valence-electron chi connectivity index (χ3n) is 2.36. The number of non-ortho nitro benzene ring substituents is 1. The molecule has 0 amide bonds. The van der Waals surface area contributed by atoms with Crippen LogP contribution in [0.1, 0.15) is 13.8 Å². The summed E-state index contributed by atoms with van der Waals surface area (Å²) in [6.07, 6.45) is 0. The molecule has 1 aromatic carbocycles. The van der Waals surface area contributed by atoms with Crippen molar-refractivity contribution in [1.82, 2.24) is 5.32 Å². The molecule has 0 saturated heterocycles. The number of nitro benzene ring substituents is 1. The molecule has 0 radical (unpaired) electrons. The number of carboxylic acids is 1. The fourth-order valence-electron chi connectivity index (χ4n) is 1.48. The van der Waals surface area contributed by atoms with Gasteiger partial charge in [-0.1, -0.05) is 13.8 Å². The summed E-state index contributed by atoms with van der Waals surface area (Å²) in [5, 5.41) is 22.6. The second-order valence-corrected chi connectivity index (χ2v) is 5.25. The highest BCUT2D eigenvalue weighted by Gasteiger charge is 2.20. The van der Waals surface area contributed by atoms with Gasteiger partial charge in [-0.2, -0.15) is 0 Å². The zero-order valence-electron chi connectivity index (χ0n) is 11.0. The Kier molecular flexibility index (Phi) is 5.90. The van der Waals surface area contributed by atoms with E-state index in [-0.39, 0.29) is 24.1 Å². The zero-order chi connectivity index (χ0) is 15.3. The monoisotopic (exact) mass is 346 g/mol. The summed E-state index contributed by atoms with van der Waals surface area (Å²) in [5.74, 6) is -0.809. The molecule has 0 bridgehead atoms. The van der Waals surface area contributed by atoms with E-state index < -0.39 is 16.9 Å². The Morgan fingerprint density at radius 1 is 1.55 bits per heavy atom. The molecule has 2 N–H and O–H groups in total. The average Bonchev–Trinajstić information content (AvgIpc) is 2.35. The first kappa shape index (κ1) is 16.4. The van der Waals surface area contributed by atoms with Gasteiger partial charge in [-0.25, -0.2) is 0 Å². The van der Waals surface area contributed by atoms with Gasteiger partial charge in [-0.15, -0.1) is 0 Å². The van der Waals surface area contributed by atoms with E-state index in [1.165, 1.54) is 18.2 Å². The van der Waals surface area contributed by atoms with E-state index in [1.54, 1.807) is 0 Å². The van der Waals surface area contributed by atoms with Crippen LogP contribution >= 0.6 is 15.9 Å². The summed E-state index contributed by atoms with van der Waals surface area (Å²) in [5.41, 5.74) is -0.119. The van der Waals surface area contributed by atoms with Crippen molar-refractivity contribution < 1.29 is 19.6 Å². The van der Waals surface area contributed by atoms with Crippen molar-refractivity contribution in [3.05, 3.63) is 32.8 Å². The van der Waals surface area contributed by atoms with Gasteiger partial charge >= 0.3 is 5.97 Å². The quantitative estimate of drug-likeness (QED) is 0.579. The van der Waals surface area contributed by atoms with Crippen LogP contribution in [0.4, 0.5) is 5.69 Å². The van der Waals surface area contributed by atoms with Crippen LogP contribution in [-0.2, 0) is 4.79 Å². The number of carboxylic acid groups (broad SMARTS) is 1. The van der Waals surface area contributed by atoms with Gasteiger partial charge in [-0.3, -0.25) is 20.2 Å². The van der Waals surface area contributed by atoms with Crippen LogP contribution in [0.3, 0.4) is 0 Å². The second kappa shape index (κ2) is 7.20. The highest BCUT2D eigenvalue weighted by molar-refractivity contribution is 9.10. The van der Waals surface area contributed by atoms with E-state index in [9.17, 15) is 14.9 Å². The Morgan fingerprint density at radius 2 is 2.20 bits per heavy atom. The Balaban J connectivity index is 2.79. The van der Waals surface area contributed by atoms with Crippen molar-refractivity contribution in [2.45, 2.75) is 25.9 Å². The average molecular weight is 347 g/mol. The Bertz CT molecular complexity index is 507. The van der Waals surface area contributed by atoms with Gasteiger partial charge in [0, 0.05) is 12.1 Å². The predicted molar refractivity (Wildman–Crippen MR) is 76.0 cm³/mol. The highest BCUT2D eigenvalue weighted by Crippen LogP contribution is 2.29. The number of hydrogen-bond donors (Lipinski definition) is 2. The molecule has 1 atom stereocenters. The summed E-state index contributed by atoms with van der Waals surface area (Å²) >= 11 is 3.20. The Labute approximate surface area is 124 Å². The first-order valence-electron chi connectivity index (χ1n) is 5.87. The number of halogens is 1. The van der Waals surface area contributed by atoms with Crippen molar-refractivity contribution in [2.24, 2.45) is 0 Å². The minimum absolute atomic E-state index is 0.0201. The summed E-state index contributed by atoms with van der Waals surface area (Å²) in [6.45, 7) is 3.51. The van der Waals surface area contributed by atoms with Crippen molar-refractivity contribution in [3.8, 4) is 5.75 Å². The van der Waals surface area contributed by atoms with Crippen molar-refractivity contribution in [1.29, 1.82) is 0 Å². The smallest absolute Gasteiger partial charge is 0.324 e. The topological polar surface area (TPSA) is 102 Å². The fourth-order valence-corrected chi connectivity index (χ4v) is 1.84. The molecule has 0 aromatic heterocycles. The summed E-state index contributed by atoms with van der Waals surface area (Å²) < 4.78 is 5.88. The van der Waals surface area contributed by atoms with Gasteiger partial charge < -0.3 is 9.84 Å². The number of carbonyl (C=O) groups is 1. The van der Waals surface area contributed by atoms with E-state index in [0.29, 0.717) is 4.47 Å². The van der Waals surface area contributed by atoms with Crippen molar-refractivity contribution in [3.63, 3.8) is 0 Å². The predicted octanol–water partition coefficient (Wildman–Crippen LogP) is 2.19. The molecular formula is C12H15BrN2O5. The first-order chi connectivity index (χ1) is 9.31. The van der Waals surface area contributed by atoms with Crippen LogP contribution in [0.2, 0.25) is 0 Å². The van der Waals surface area contributed by atoms with E-state index in [2.05, 4.69) is 21.2 Å². The van der Waals surface area contributed by atoms with Crippen LogP contribution < -0.4 is 10.1 Å². The maximum Gasteiger partial charge on any atom is 0.324 e. The normalized spacial score (nSPS) is 12.2. The Morgan fingerprint density at radius 3 is 2.70 bits per heavy atom. The van der Waals surface area contributed by atoms with E-state index in [0.717, 1.165) is 0 Å². The molecule has 0 fully saturated rings. The molecule has 110 valence electrons. The van der Waals surface area contributed by atoms with E-state index in [1.807, 2.05) is 13.8 Å². The number of ether oxygens (including phenoxy) is 1. The largest absolute Gasteiger partial charge is 0.490 e. The zero-order valence-corrected chi connectivity index (χ0v) is 12.6. The van der Waals surface area contributed by atoms with E-state index in [4.69, 9.17) is 9.84 Å². The lowest BCUT2D eigenvalue weighted by Crippen LogP contribution is -2.44. The number of nitrogens with one attached hydrogen (secondary N) is 1. The van der Waals surface area contributed by atoms with Crippen LogP contribution in [0.15, 0.2) is 22.7 Å². The minimum atomic E-state index is -1.04. The molecule has 1 rings (SSSR count). The van der Waals surface area contributed by atoms with Crippen LogP contribution in [0.5, 0.6) is 5.75 Å². The molecule has 1 aromatic rings. The molecule has 0 aliphatic rings. The highest BCUT2D eigenvalue weighted by atomic mass is 79.9. The molecule has 8 heteroatoms. The molecule has 20 heavy (non-hydrogen) atoms. The molecule has 0 spiro atoms. The van der Waals surface area contributed by atoms with Crippen LogP contribution in [-0.4, -0.2) is 34.7 Å². The van der Waals surface area contributed by atoms with Gasteiger partial charge in [0.1, 0.15) is 18.4 Å². The molecule has 0 heterocycles. The molecule has 0 saturated carbocycles. The number of hydrogen-bond acceptors (Lipinski definition) is 5. The fraction of sp³-hybridized carbons (Fsp3) is 0.417. The maximum atomic E-state index is 11.1. The summed E-state index contributed by atoms with van der Waals surface area (Å²) in [7, 11) is 0. The standard InChI is InChI=1S/C12H15BrN2O5/c1-7(2)14-10(12(16)17)6-20-11-5-8(15(18)19)3-4-9(11)13/h3-5,7,10,14H,6H2,1-2H3,(H,16,17). The van der Waals surface area contributed by atoms with Gasteiger partial charge in [-0.05, 0) is 22.0 Å². The van der Waals surface area contributed by atoms with E-state index >= 15 is 0 Å². The van der Waals surface area contributed by atoms with Gasteiger partial charge in [0.15, 0.2) is 0 Å². The third-order valence-corrected chi connectivity index (χ3v) is 3.02. The number of aliphatic carboxylic acids is 1. The SMILES string of the molecule is CC(C)NC(COc1cc([N+](=O)[O-])ccc1Br)C(=O)O. The lowest BCUT2D eigenvalue weighted by Gasteiger charge is -2.18.